The molecule has 1 aromatic rings. The first-order valence-corrected chi connectivity index (χ1v) is 4.71. The van der Waals surface area contributed by atoms with Gasteiger partial charge < -0.3 is 4.74 Å². The first-order chi connectivity index (χ1) is 6.69. The Morgan fingerprint density at radius 2 is 2.21 bits per heavy atom. The standard InChI is InChI=1S/C10H14BNO2/c1-3-14-10-5-8(6-12-13)9(11)4-7(10)2/h4-5H,3,6,11H2,1-2H3. The molecule has 0 spiro atoms. The summed E-state index contributed by atoms with van der Waals surface area (Å²) in [5, 5.41) is 2.89. The first kappa shape index (κ1) is 10.8. The Bertz CT molecular complexity index is 339. The number of aryl methyl sites for hydroxylation is 1. The van der Waals surface area contributed by atoms with Crippen LogP contribution in [0.5, 0.6) is 5.75 Å². The summed E-state index contributed by atoms with van der Waals surface area (Å²) in [6, 6.07) is 3.92. The molecule has 3 nitrogen and oxygen atoms in total. The summed E-state index contributed by atoms with van der Waals surface area (Å²) in [7, 11) is 1.98. The van der Waals surface area contributed by atoms with Crippen LogP contribution in [0.3, 0.4) is 0 Å². The highest BCUT2D eigenvalue weighted by Gasteiger charge is 2.04. The molecule has 0 aliphatic rings. The highest BCUT2D eigenvalue weighted by atomic mass is 16.5. The van der Waals surface area contributed by atoms with Crippen LogP contribution in [0.15, 0.2) is 17.3 Å². The fraction of sp³-hybridized carbons (Fsp3) is 0.400. The maximum atomic E-state index is 10.2. The van der Waals surface area contributed by atoms with Crippen molar-refractivity contribution in [3.63, 3.8) is 0 Å². The van der Waals surface area contributed by atoms with Crippen molar-refractivity contribution in [1.82, 2.24) is 0 Å². The van der Waals surface area contributed by atoms with E-state index in [1.54, 1.807) is 0 Å². The number of benzene rings is 1. The first-order valence-electron chi connectivity index (χ1n) is 4.71. The molecule has 0 radical (unpaired) electrons. The summed E-state index contributed by atoms with van der Waals surface area (Å²) in [4.78, 5) is 10.2. The number of ether oxygens (including phenoxy) is 1. The molecule has 0 aliphatic heterocycles. The van der Waals surface area contributed by atoms with Gasteiger partial charge in [0.25, 0.3) is 0 Å². The minimum atomic E-state index is 0.214. The summed E-state index contributed by atoms with van der Waals surface area (Å²) in [6.45, 7) is 4.79. The maximum absolute atomic E-state index is 10.2. The van der Waals surface area contributed by atoms with E-state index < -0.39 is 0 Å². The molecular weight excluding hydrogens is 177 g/mol. The van der Waals surface area contributed by atoms with Crippen LogP contribution in [-0.2, 0) is 6.54 Å². The molecular formula is C10H14BNO2. The number of nitroso groups, excluding NO2 is 1. The average Bonchev–Trinajstić information content (AvgIpc) is 2.14. The zero-order valence-electron chi connectivity index (χ0n) is 8.83. The van der Waals surface area contributed by atoms with Gasteiger partial charge in [0.1, 0.15) is 20.1 Å². The molecule has 0 N–H and O–H groups in total. The van der Waals surface area contributed by atoms with Crippen molar-refractivity contribution >= 4 is 13.3 Å². The van der Waals surface area contributed by atoms with E-state index in [4.69, 9.17) is 4.74 Å². The normalized spacial score (nSPS) is 9.86. The average molecular weight is 191 g/mol. The molecule has 0 unspecified atom stereocenters. The van der Waals surface area contributed by atoms with Gasteiger partial charge in [-0.1, -0.05) is 16.7 Å². The number of hydrogen-bond donors (Lipinski definition) is 0. The van der Waals surface area contributed by atoms with Gasteiger partial charge in [-0.3, -0.25) is 0 Å². The van der Waals surface area contributed by atoms with Crippen LogP contribution >= 0.6 is 0 Å². The van der Waals surface area contributed by atoms with Gasteiger partial charge >= 0.3 is 0 Å². The summed E-state index contributed by atoms with van der Waals surface area (Å²) in [6.07, 6.45) is 0. The van der Waals surface area contributed by atoms with Gasteiger partial charge in [0.2, 0.25) is 0 Å². The van der Waals surface area contributed by atoms with Crippen LogP contribution in [0.4, 0.5) is 0 Å². The SMILES string of the molecule is Bc1cc(C)c(OCC)cc1CN=O. The smallest absolute Gasteiger partial charge is 0.139 e. The molecule has 0 heterocycles. The van der Waals surface area contributed by atoms with Gasteiger partial charge in [0.05, 0.1) is 6.61 Å². The van der Waals surface area contributed by atoms with E-state index in [-0.39, 0.29) is 6.54 Å². The van der Waals surface area contributed by atoms with E-state index >= 15 is 0 Å². The third-order valence-electron chi connectivity index (χ3n) is 2.17. The van der Waals surface area contributed by atoms with Gasteiger partial charge in [0.15, 0.2) is 0 Å². The molecule has 0 bridgehead atoms. The van der Waals surface area contributed by atoms with Crippen molar-refractivity contribution in [1.29, 1.82) is 0 Å². The van der Waals surface area contributed by atoms with Crippen molar-refractivity contribution in [3.05, 3.63) is 28.2 Å². The topological polar surface area (TPSA) is 38.7 Å². The lowest BCUT2D eigenvalue weighted by molar-refractivity contribution is 0.337. The predicted octanol–water partition coefficient (Wildman–Crippen LogP) is 0.919. The Morgan fingerprint density at radius 1 is 1.50 bits per heavy atom. The van der Waals surface area contributed by atoms with Crippen molar-refractivity contribution in [2.24, 2.45) is 5.18 Å². The zero-order valence-corrected chi connectivity index (χ0v) is 8.83. The van der Waals surface area contributed by atoms with Crippen LogP contribution in [-0.4, -0.2) is 14.5 Å². The molecule has 0 aliphatic carbocycles. The molecule has 0 saturated heterocycles. The summed E-state index contributed by atoms with van der Waals surface area (Å²) in [5.74, 6) is 0.844. The summed E-state index contributed by atoms with van der Waals surface area (Å²) in [5.41, 5.74) is 3.12. The highest BCUT2D eigenvalue weighted by Crippen LogP contribution is 2.18. The molecule has 4 heteroatoms. The molecule has 0 aromatic heterocycles. The molecule has 0 atom stereocenters. The highest BCUT2D eigenvalue weighted by molar-refractivity contribution is 6.33. The Balaban J connectivity index is 3.06. The molecule has 74 valence electrons. The third-order valence-corrected chi connectivity index (χ3v) is 2.17. The Morgan fingerprint density at radius 3 is 2.79 bits per heavy atom. The summed E-state index contributed by atoms with van der Waals surface area (Å²) < 4.78 is 5.43. The lowest BCUT2D eigenvalue weighted by Gasteiger charge is -2.10. The molecule has 14 heavy (non-hydrogen) atoms. The van der Waals surface area contributed by atoms with Crippen LogP contribution in [0.1, 0.15) is 18.1 Å². The summed E-state index contributed by atoms with van der Waals surface area (Å²) >= 11 is 0. The Labute approximate surface area is 84.9 Å². The maximum Gasteiger partial charge on any atom is 0.139 e. The van der Waals surface area contributed by atoms with Crippen LogP contribution < -0.4 is 10.2 Å². The van der Waals surface area contributed by atoms with Gasteiger partial charge in [-0.05, 0) is 31.0 Å². The minimum absolute atomic E-state index is 0.214. The van der Waals surface area contributed by atoms with Crippen LogP contribution in [0.2, 0.25) is 0 Å². The third kappa shape index (κ3) is 2.34. The van der Waals surface area contributed by atoms with Crippen molar-refractivity contribution < 1.29 is 4.74 Å². The second kappa shape index (κ2) is 4.79. The second-order valence-electron chi connectivity index (χ2n) is 3.26. The van der Waals surface area contributed by atoms with Gasteiger partial charge in [0, 0.05) is 0 Å². The lowest BCUT2D eigenvalue weighted by atomic mass is 9.88. The Kier molecular flexibility index (Phi) is 3.68. The van der Waals surface area contributed by atoms with Crippen molar-refractivity contribution in [2.75, 3.05) is 6.61 Å². The van der Waals surface area contributed by atoms with E-state index in [9.17, 15) is 4.91 Å². The number of rotatable bonds is 4. The fourth-order valence-electron chi connectivity index (χ4n) is 1.43. The second-order valence-corrected chi connectivity index (χ2v) is 3.26. The lowest BCUT2D eigenvalue weighted by Crippen LogP contribution is -2.11. The number of hydrogen-bond acceptors (Lipinski definition) is 3. The van der Waals surface area contributed by atoms with E-state index in [1.807, 2.05) is 33.8 Å². The molecule has 0 saturated carbocycles. The quantitative estimate of drug-likeness (QED) is 0.524. The molecule has 0 fully saturated rings. The van der Waals surface area contributed by atoms with Crippen molar-refractivity contribution in [3.8, 4) is 5.75 Å². The monoisotopic (exact) mass is 191 g/mol. The van der Waals surface area contributed by atoms with Gasteiger partial charge in [-0.25, -0.2) is 0 Å². The van der Waals surface area contributed by atoms with Crippen LogP contribution in [0.25, 0.3) is 0 Å². The molecule has 0 amide bonds. The molecule has 1 aromatic carbocycles. The van der Waals surface area contributed by atoms with Crippen molar-refractivity contribution in [2.45, 2.75) is 20.4 Å². The van der Waals surface area contributed by atoms with E-state index in [1.165, 1.54) is 0 Å². The largest absolute Gasteiger partial charge is 0.494 e. The predicted molar refractivity (Wildman–Crippen MR) is 60.0 cm³/mol. The zero-order chi connectivity index (χ0) is 10.6. The van der Waals surface area contributed by atoms with E-state index in [0.29, 0.717) is 6.61 Å². The molecule has 1 rings (SSSR count). The van der Waals surface area contributed by atoms with Crippen LogP contribution in [0, 0.1) is 11.8 Å². The van der Waals surface area contributed by atoms with Gasteiger partial charge in [-0.2, -0.15) is 4.91 Å². The minimum Gasteiger partial charge on any atom is -0.494 e. The van der Waals surface area contributed by atoms with E-state index in [2.05, 4.69) is 5.18 Å². The Hall–Kier alpha value is -1.32. The van der Waals surface area contributed by atoms with Gasteiger partial charge in [-0.15, -0.1) is 0 Å². The van der Waals surface area contributed by atoms with E-state index in [0.717, 1.165) is 22.3 Å². The fourth-order valence-corrected chi connectivity index (χ4v) is 1.43. The number of nitrogens with zero attached hydrogens (tertiary/aromatic N) is 1.